The van der Waals surface area contributed by atoms with E-state index in [-0.39, 0.29) is 17.1 Å². The molecule has 4 aromatic rings. The molecule has 0 spiro atoms. The third-order valence-electron chi connectivity index (χ3n) is 5.76. The van der Waals surface area contributed by atoms with Gasteiger partial charge >= 0.3 is 0 Å². The molecular weight excluding hydrogens is 518 g/mol. The minimum Gasteiger partial charge on any atom is -0.493 e. The number of ether oxygens (including phenoxy) is 2. The number of aromatic nitrogens is 1. The van der Waals surface area contributed by atoms with Gasteiger partial charge in [-0.1, -0.05) is 42.8 Å². The molecule has 7 nitrogen and oxygen atoms in total. The van der Waals surface area contributed by atoms with Gasteiger partial charge in [-0.2, -0.15) is 0 Å². The summed E-state index contributed by atoms with van der Waals surface area (Å²) in [6.45, 7) is 4.01. The standard InChI is InChI=1S/C29H29N3O4S2/c1-5-26(28(34)32-29-31-23(17-37-29)19-11-9-18(2)10-12-19)38-22-8-6-7-21(16-22)30-27(33)20-13-14-24(35-3)25(15-20)36-4/h6-17,26H,5H2,1-4H3,(H,30,33)(H,31,32,34). The molecule has 3 aromatic carbocycles. The van der Waals surface area contributed by atoms with Crippen LogP contribution in [0.3, 0.4) is 0 Å². The van der Waals surface area contributed by atoms with E-state index in [2.05, 4.69) is 15.6 Å². The zero-order valence-corrected chi connectivity index (χ0v) is 23.2. The molecule has 1 aromatic heterocycles. The normalized spacial score (nSPS) is 11.5. The van der Waals surface area contributed by atoms with Crippen LogP contribution >= 0.6 is 23.1 Å². The molecule has 0 aliphatic rings. The second kappa shape index (κ2) is 12.6. The number of rotatable bonds is 10. The number of hydrogen-bond acceptors (Lipinski definition) is 7. The zero-order chi connectivity index (χ0) is 27.1. The summed E-state index contributed by atoms with van der Waals surface area (Å²) < 4.78 is 10.5. The topological polar surface area (TPSA) is 89.5 Å². The summed E-state index contributed by atoms with van der Waals surface area (Å²) in [5.41, 5.74) is 4.11. The number of thioether (sulfide) groups is 1. The molecule has 196 valence electrons. The molecule has 38 heavy (non-hydrogen) atoms. The van der Waals surface area contributed by atoms with Crippen LogP contribution in [-0.2, 0) is 4.79 Å². The number of nitrogens with one attached hydrogen (secondary N) is 2. The van der Waals surface area contributed by atoms with Crippen LogP contribution in [0.1, 0.15) is 29.3 Å². The van der Waals surface area contributed by atoms with Crippen LogP contribution in [0.15, 0.2) is 77.0 Å². The molecule has 1 heterocycles. The van der Waals surface area contributed by atoms with Crippen molar-refractivity contribution >= 4 is 45.7 Å². The molecule has 1 atom stereocenters. The van der Waals surface area contributed by atoms with Crippen LogP contribution in [0.2, 0.25) is 0 Å². The summed E-state index contributed by atoms with van der Waals surface area (Å²) in [7, 11) is 3.07. The summed E-state index contributed by atoms with van der Waals surface area (Å²) in [5.74, 6) is 0.649. The number of methoxy groups -OCH3 is 2. The van der Waals surface area contributed by atoms with Crippen molar-refractivity contribution in [2.75, 3.05) is 24.9 Å². The molecule has 0 fully saturated rings. The Morgan fingerprint density at radius 1 is 0.974 bits per heavy atom. The van der Waals surface area contributed by atoms with E-state index in [1.165, 1.54) is 35.8 Å². The van der Waals surface area contributed by atoms with Crippen LogP contribution in [0.4, 0.5) is 10.8 Å². The molecule has 2 N–H and O–H groups in total. The van der Waals surface area contributed by atoms with E-state index < -0.39 is 0 Å². The van der Waals surface area contributed by atoms with Crippen molar-refractivity contribution in [3.63, 3.8) is 0 Å². The Labute approximate surface area is 230 Å². The summed E-state index contributed by atoms with van der Waals surface area (Å²) >= 11 is 2.85. The average Bonchev–Trinajstić information content (AvgIpc) is 3.40. The highest BCUT2D eigenvalue weighted by Gasteiger charge is 2.20. The van der Waals surface area contributed by atoms with Gasteiger partial charge in [0.25, 0.3) is 5.91 Å². The largest absolute Gasteiger partial charge is 0.493 e. The molecule has 0 saturated carbocycles. The number of thiazole rings is 1. The zero-order valence-electron chi connectivity index (χ0n) is 21.6. The van der Waals surface area contributed by atoms with Gasteiger partial charge in [0.05, 0.1) is 25.2 Å². The molecule has 2 amide bonds. The number of nitrogens with zero attached hydrogens (tertiary/aromatic N) is 1. The Bertz CT molecular complexity index is 1420. The van der Waals surface area contributed by atoms with Gasteiger partial charge in [0.1, 0.15) is 0 Å². The molecule has 0 bridgehead atoms. The molecule has 0 saturated heterocycles. The van der Waals surface area contributed by atoms with Crippen molar-refractivity contribution in [3.8, 4) is 22.8 Å². The fourth-order valence-corrected chi connectivity index (χ4v) is 5.42. The Kier molecular flexibility index (Phi) is 9.04. The minimum atomic E-state index is -0.321. The van der Waals surface area contributed by atoms with E-state index in [0.29, 0.717) is 34.3 Å². The number of aryl methyl sites for hydroxylation is 1. The van der Waals surface area contributed by atoms with Gasteiger partial charge in [0.2, 0.25) is 5.91 Å². The maximum absolute atomic E-state index is 13.0. The fourth-order valence-electron chi connectivity index (χ4n) is 3.69. The quantitative estimate of drug-likeness (QED) is 0.210. The van der Waals surface area contributed by atoms with Crippen molar-refractivity contribution in [3.05, 3.63) is 83.2 Å². The predicted molar refractivity (Wildman–Crippen MR) is 155 cm³/mol. The van der Waals surface area contributed by atoms with Gasteiger partial charge in [0.15, 0.2) is 16.6 Å². The average molecular weight is 548 g/mol. The number of amides is 2. The van der Waals surface area contributed by atoms with Crippen molar-refractivity contribution in [1.29, 1.82) is 0 Å². The molecule has 0 aliphatic carbocycles. The van der Waals surface area contributed by atoms with E-state index in [1.54, 1.807) is 25.3 Å². The number of hydrogen-bond donors (Lipinski definition) is 2. The summed E-state index contributed by atoms with van der Waals surface area (Å²) in [6.07, 6.45) is 0.634. The molecule has 9 heteroatoms. The third-order valence-corrected chi connectivity index (χ3v) is 7.88. The molecular formula is C29H29N3O4S2. The van der Waals surface area contributed by atoms with Gasteiger partial charge in [0, 0.05) is 27.1 Å². The monoisotopic (exact) mass is 547 g/mol. The van der Waals surface area contributed by atoms with Gasteiger partial charge in [-0.25, -0.2) is 4.98 Å². The van der Waals surface area contributed by atoms with Crippen molar-refractivity contribution < 1.29 is 19.1 Å². The minimum absolute atomic E-state index is 0.109. The summed E-state index contributed by atoms with van der Waals surface area (Å²) in [6, 6.07) is 20.6. The highest BCUT2D eigenvalue weighted by atomic mass is 32.2. The highest BCUT2D eigenvalue weighted by molar-refractivity contribution is 8.00. The lowest BCUT2D eigenvalue weighted by atomic mass is 10.1. The molecule has 1 unspecified atom stereocenters. The maximum Gasteiger partial charge on any atom is 0.255 e. The Hall–Kier alpha value is -3.82. The van der Waals surface area contributed by atoms with Crippen LogP contribution < -0.4 is 20.1 Å². The Balaban J connectivity index is 1.40. The lowest BCUT2D eigenvalue weighted by Gasteiger charge is -2.14. The number of anilines is 2. The summed E-state index contributed by atoms with van der Waals surface area (Å²) in [5, 5.41) is 8.06. The fraction of sp³-hybridized carbons (Fsp3) is 0.207. The number of carbonyl (C=O) groups is 2. The highest BCUT2D eigenvalue weighted by Crippen LogP contribution is 2.31. The first-order chi connectivity index (χ1) is 18.4. The van der Waals surface area contributed by atoms with E-state index in [9.17, 15) is 9.59 Å². The number of benzene rings is 3. The molecule has 0 radical (unpaired) electrons. The van der Waals surface area contributed by atoms with E-state index in [0.717, 1.165) is 16.2 Å². The molecule has 0 aliphatic heterocycles. The van der Waals surface area contributed by atoms with Gasteiger partial charge < -0.3 is 20.1 Å². The van der Waals surface area contributed by atoms with Crippen LogP contribution in [0.5, 0.6) is 11.5 Å². The summed E-state index contributed by atoms with van der Waals surface area (Å²) in [4.78, 5) is 31.3. The van der Waals surface area contributed by atoms with Gasteiger partial charge in [-0.05, 0) is 49.7 Å². The smallest absolute Gasteiger partial charge is 0.255 e. The second-order valence-corrected chi connectivity index (χ2v) is 10.6. The van der Waals surface area contributed by atoms with Gasteiger partial charge in [-0.3, -0.25) is 9.59 Å². The van der Waals surface area contributed by atoms with Crippen molar-refractivity contribution in [2.45, 2.75) is 30.4 Å². The maximum atomic E-state index is 13.0. The lowest BCUT2D eigenvalue weighted by molar-refractivity contribution is -0.115. The first-order valence-electron chi connectivity index (χ1n) is 12.0. The third kappa shape index (κ3) is 6.73. The van der Waals surface area contributed by atoms with Crippen LogP contribution in [0, 0.1) is 6.92 Å². The number of carbonyl (C=O) groups excluding carboxylic acids is 2. The van der Waals surface area contributed by atoms with Gasteiger partial charge in [-0.15, -0.1) is 23.1 Å². The van der Waals surface area contributed by atoms with Crippen LogP contribution in [-0.4, -0.2) is 36.3 Å². The Morgan fingerprint density at radius 3 is 2.45 bits per heavy atom. The SMILES string of the molecule is CCC(Sc1cccc(NC(=O)c2ccc(OC)c(OC)c2)c1)C(=O)Nc1nc(-c2ccc(C)cc2)cs1. The molecule has 4 rings (SSSR count). The first-order valence-corrected chi connectivity index (χ1v) is 13.8. The lowest BCUT2D eigenvalue weighted by Crippen LogP contribution is -2.24. The van der Waals surface area contributed by atoms with Crippen molar-refractivity contribution in [1.82, 2.24) is 4.98 Å². The second-order valence-electron chi connectivity index (χ2n) is 8.46. The van der Waals surface area contributed by atoms with E-state index in [4.69, 9.17) is 9.47 Å². The van der Waals surface area contributed by atoms with Crippen molar-refractivity contribution in [2.24, 2.45) is 0 Å². The van der Waals surface area contributed by atoms with E-state index in [1.807, 2.05) is 67.8 Å². The van der Waals surface area contributed by atoms with E-state index >= 15 is 0 Å². The predicted octanol–water partition coefficient (Wildman–Crippen LogP) is 6.90. The first kappa shape index (κ1) is 27.2. The Morgan fingerprint density at radius 2 is 1.74 bits per heavy atom. The van der Waals surface area contributed by atoms with Crippen LogP contribution in [0.25, 0.3) is 11.3 Å².